The summed E-state index contributed by atoms with van der Waals surface area (Å²) in [5.74, 6) is -0.973. The highest BCUT2D eigenvalue weighted by molar-refractivity contribution is 7.86. The first-order valence-corrected chi connectivity index (χ1v) is 9.93. The van der Waals surface area contributed by atoms with Crippen LogP contribution in [0.2, 0.25) is 0 Å². The van der Waals surface area contributed by atoms with Gasteiger partial charge in [0.15, 0.2) is 5.69 Å². The first-order valence-electron chi connectivity index (χ1n) is 8.43. The molecule has 9 nitrogen and oxygen atoms in total. The van der Waals surface area contributed by atoms with E-state index in [1.165, 1.54) is 29.9 Å². The number of ether oxygens (including phenoxy) is 1. The molecule has 0 saturated heterocycles. The van der Waals surface area contributed by atoms with E-state index in [4.69, 9.17) is 4.55 Å². The van der Waals surface area contributed by atoms with Gasteiger partial charge in [-0.2, -0.15) is 8.42 Å². The minimum Gasteiger partial charge on any atom is -0.406 e. The number of amides is 1. The van der Waals surface area contributed by atoms with Gasteiger partial charge in [0.2, 0.25) is 0 Å². The lowest BCUT2D eigenvalue weighted by Crippen LogP contribution is -2.23. The number of benzene rings is 1. The smallest absolute Gasteiger partial charge is 0.406 e. The fraction of sp³-hybridized carbons (Fsp3) is 0.438. The average Bonchev–Trinajstić information content (AvgIpc) is 3.06. The number of rotatable bonds is 9. The number of aromatic nitrogens is 3. The molecule has 0 saturated carbocycles. The molecule has 160 valence electrons. The van der Waals surface area contributed by atoms with E-state index >= 15 is 0 Å². The van der Waals surface area contributed by atoms with Crippen molar-refractivity contribution >= 4 is 16.0 Å². The minimum absolute atomic E-state index is 0.00414. The zero-order valence-electron chi connectivity index (χ0n) is 15.3. The molecular weight excluding hydrogens is 417 g/mol. The predicted octanol–water partition coefficient (Wildman–Crippen LogP) is 2.16. The van der Waals surface area contributed by atoms with Crippen LogP contribution >= 0.6 is 0 Å². The highest BCUT2D eigenvalue weighted by Gasteiger charge is 2.31. The van der Waals surface area contributed by atoms with Gasteiger partial charge in [0.1, 0.15) is 5.75 Å². The van der Waals surface area contributed by atoms with Gasteiger partial charge in [-0.15, -0.1) is 18.3 Å². The lowest BCUT2D eigenvalue weighted by atomic mass is 10.2. The maximum atomic E-state index is 12.2. The Hall–Kier alpha value is -2.67. The van der Waals surface area contributed by atoms with Crippen molar-refractivity contribution in [2.75, 3.05) is 0 Å². The molecule has 1 heterocycles. The lowest BCUT2D eigenvalue weighted by Gasteiger charge is -2.10. The highest BCUT2D eigenvalue weighted by atomic mass is 32.2. The normalized spacial score (nSPS) is 13.1. The zero-order valence-corrected chi connectivity index (χ0v) is 16.1. The molecule has 1 amide bonds. The second kappa shape index (κ2) is 9.22. The van der Waals surface area contributed by atoms with Crippen molar-refractivity contribution < 1.29 is 35.7 Å². The minimum atomic E-state index is -4.81. The molecule has 0 aliphatic rings. The van der Waals surface area contributed by atoms with Crippen LogP contribution in [-0.2, 0) is 23.2 Å². The third kappa shape index (κ3) is 7.69. The van der Waals surface area contributed by atoms with Crippen molar-refractivity contribution in [3.05, 3.63) is 41.7 Å². The molecule has 0 bridgehead atoms. The van der Waals surface area contributed by atoms with E-state index in [1.807, 2.05) is 0 Å². The van der Waals surface area contributed by atoms with Crippen LogP contribution in [0, 0.1) is 0 Å². The topological polar surface area (TPSA) is 123 Å². The molecule has 29 heavy (non-hydrogen) atoms. The molecule has 2 N–H and O–H groups in total. The zero-order chi connectivity index (χ0) is 21.7. The quantitative estimate of drug-likeness (QED) is 0.578. The summed E-state index contributed by atoms with van der Waals surface area (Å²) >= 11 is 0. The van der Waals surface area contributed by atoms with Gasteiger partial charge in [-0.3, -0.25) is 14.0 Å². The third-order valence-corrected chi connectivity index (χ3v) is 5.12. The largest absolute Gasteiger partial charge is 0.573 e. The maximum absolute atomic E-state index is 12.2. The van der Waals surface area contributed by atoms with E-state index in [2.05, 4.69) is 20.4 Å². The van der Waals surface area contributed by atoms with E-state index in [-0.39, 0.29) is 25.2 Å². The van der Waals surface area contributed by atoms with Crippen molar-refractivity contribution in [1.82, 2.24) is 20.3 Å². The number of hydrogen-bond donors (Lipinski definition) is 2. The lowest BCUT2D eigenvalue weighted by molar-refractivity contribution is -0.274. The Morgan fingerprint density at radius 3 is 2.76 bits per heavy atom. The second-order valence-electron chi connectivity index (χ2n) is 6.21. The average molecular weight is 436 g/mol. The number of aryl methyl sites for hydroxylation is 1. The summed E-state index contributed by atoms with van der Waals surface area (Å²) in [7, 11) is -4.09. The summed E-state index contributed by atoms with van der Waals surface area (Å²) in [6.45, 7) is 1.62. The molecule has 2 rings (SSSR count). The van der Waals surface area contributed by atoms with Crippen LogP contribution in [0.15, 0.2) is 30.5 Å². The van der Waals surface area contributed by atoms with Crippen molar-refractivity contribution in [1.29, 1.82) is 0 Å². The predicted molar refractivity (Wildman–Crippen MR) is 94.6 cm³/mol. The van der Waals surface area contributed by atoms with Crippen LogP contribution in [0.4, 0.5) is 13.2 Å². The fourth-order valence-electron chi connectivity index (χ4n) is 2.33. The van der Waals surface area contributed by atoms with Gasteiger partial charge in [0.05, 0.1) is 11.4 Å². The molecule has 0 radical (unpaired) electrons. The van der Waals surface area contributed by atoms with Crippen molar-refractivity contribution in [2.24, 2.45) is 0 Å². The second-order valence-corrected chi connectivity index (χ2v) is 8.05. The number of carbonyl (C=O) groups excluding carboxylic acids is 1. The van der Waals surface area contributed by atoms with Crippen LogP contribution in [0.1, 0.15) is 35.8 Å². The first kappa shape index (κ1) is 22.6. The summed E-state index contributed by atoms with van der Waals surface area (Å²) in [4.78, 5) is 12.1. The Morgan fingerprint density at radius 1 is 1.38 bits per heavy atom. The molecular formula is C16H19F3N4O5S. The molecule has 1 unspecified atom stereocenters. The molecule has 1 atom stereocenters. The van der Waals surface area contributed by atoms with Crippen molar-refractivity contribution in [3.63, 3.8) is 0 Å². The van der Waals surface area contributed by atoms with E-state index in [9.17, 15) is 26.4 Å². The Kier molecular flexibility index (Phi) is 7.19. The van der Waals surface area contributed by atoms with Gasteiger partial charge < -0.3 is 10.1 Å². The van der Waals surface area contributed by atoms with E-state index < -0.39 is 33.4 Å². The number of hydrogen-bond acceptors (Lipinski definition) is 6. The summed E-state index contributed by atoms with van der Waals surface area (Å²) in [5, 5.41) is 9.05. The van der Waals surface area contributed by atoms with Crippen LogP contribution in [0.3, 0.4) is 0 Å². The first-order chi connectivity index (χ1) is 13.4. The molecule has 1 aromatic heterocycles. The van der Waals surface area contributed by atoms with Crippen molar-refractivity contribution in [2.45, 2.75) is 44.5 Å². The van der Waals surface area contributed by atoms with Crippen LogP contribution in [0.25, 0.3) is 0 Å². The Balaban J connectivity index is 1.85. The summed E-state index contributed by atoms with van der Waals surface area (Å²) in [6.07, 6.45) is -2.86. The molecule has 0 aliphatic heterocycles. The number of nitrogens with one attached hydrogen (secondary N) is 1. The molecule has 0 spiro atoms. The van der Waals surface area contributed by atoms with Gasteiger partial charge in [-0.05, 0) is 37.5 Å². The summed E-state index contributed by atoms with van der Waals surface area (Å²) < 4.78 is 72.7. The molecule has 0 fully saturated rings. The SMILES string of the molecule is CC(CCCn1cc(C(=O)NCc2cccc(OC(F)(F)F)c2)nn1)S(=O)(=O)O. The monoisotopic (exact) mass is 436 g/mol. The fourth-order valence-corrected chi connectivity index (χ4v) is 2.79. The van der Waals surface area contributed by atoms with Gasteiger partial charge in [0.25, 0.3) is 16.0 Å². The van der Waals surface area contributed by atoms with Crippen LogP contribution in [-0.4, -0.2) is 45.5 Å². The van der Waals surface area contributed by atoms with Gasteiger partial charge in [-0.25, -0.2) is 0 Å². The maximum Gasteiger partial charge on any atom is 0.573 e. The summed E-state index contributed by atoms with van der Waals surface area (Å²) in [5.41, 5.74) is 0.391. The third-order valence-electron chi connectivity index (χ3n) is 3.86. The molecule has 13 heteroatoms. The summed E-state index contributed by atoms with van der Waals surface area (Å²) in [6, 6.07) is 5.19. The molecule has 1 aromatic carbocycles. The number of alkyl halides is 3. The van der Waals surface area contributed by atoms with Crippen LogP contribution in [0.5, 0.6) is 5.75 Å². The van der Waals surface area contributed by atoms with Crippen LogP contribution < -0.4 is 10.1 Å². The van der Waals surface area contributed by atoms with Gasteiger partial charge in [-0.1, -0.05) is 17.3 Å². The number of carbonyl (C=O) groups is 1. The highest BCUT2D eigenvalue weighted by Crippen LogP contribution is 2.23. The van der Waals surface area contributed by atoms with Gasteiger partial charge >= 0.3 is 6.36 Å². The Morgan fingerprint density at radius 2 is 2.10 bits per heavy atom. The van der Waals surface area contributed by atoms with Crippen molar-refractivity contribution in [3.8, 4) is 5.75 Å². The van der Waals surface area contributed by atoms with E-state index in [1.54, 1.807) is 0 Å². The molecule has 2 aromatic rings. The van der Waals surface area contributed by atoms with Gasteiger partial charge in [0, 0.05) is 13.1 Å². The Bertz CT molecular complexity index is 946. The Labute approximate surface area is 164 Å². The standard InChI is InChI=1S/C16H19F3N4O5S/c1-11(29(25,26)27)4-3-7-23-10-14(21-22-23)15(24)20-9-12-5-2-6-13(8-12)28-16(17,18)19/h2,5-6,8,10-11H,3-4,7,9H2,1H3,(H,20,24)(H,25,26,27). The number of halogens is 3. The molecule has 0 aliphatic carbocycles. The van der Waals surface area contributed by atoms with E-state index in [0.29, 0.717) is 12.0 Å². The van der Waals surface area contributed by atoms with E-state index in [0.717, 1.165) is 12.1 Å². The number of nitrogens with zero attached hydrogens (tertiary/aromatic N) is 3.